The Balaban J connectivity index is 1.93. The minimum absolute atomic E-state index is 0.0283. The summed E-state index contributed by atoms with van der Waals surface area (Å²) in [5.41, 5.74) is 6.95. The summed E-state index contributed by atoms with van der Waals surface area (Å²) >= 11 is 0. The van der Waals surface area contributed by atoms with Crippen molar-refractivity contribution >= 4 is 23.2 Å². The van der Waals surface area contributed by atoms with Gasteiger partial charge in [-0.05, 0) is 43.7 Å². The van der Waals surface area contributed by atoms with Crippen LogP contribution in [0.25, 0.3) is 0 Å². The average molecular weight is 302 g/mol. The molecule has 1 aliphatic heterocycles. The monoisotopic (exact) mass is 302 g/mol. The summed E-state index contributed by atoms with van der Waals surface area (Å²) in [4.78, 5) is 23.3. The molecule has 0 spiro atoms. The predicted octanol–water partition coefficient (Wildman–Crippen LogP) is 1.05. The topological polar surface area (TPSA) is 92.1 Å². The molecule has 22 heavy (non-hydrogen) atoms. The molecule has 0 aromatic heterocycles. The number of methoxy groups -OCH3 is 1. The molecule has 1 heterocycles. The third-order valence-corrected chi connectivity index (χ3v) is 3.41. The van der Waals surface area contributed by atoms with Gasteiger partial charge in [-0.25, -0.2) is 10.9 Å². The molecule has 7 nitrogen and oxygen atoms in total. The van der Waals surface area contributed by atoms with Gasteiger partial charge in [-0.3, -0.25) is 9.59 Å². The van der Waals surface area contributed by atoms with Crippen molar-refractivity contribution in [1.29, 1.82) is 0 Å². The van der Waals surface area contributed by atoms with E-state index in [1.54, 1.807) is 21.0 Å². The van der Waals surface area contributed by atoms with Crippen LogP contribution in [0, 0.1) is 5.92 Å². The third-order valence-electron chi connectivity index (χ3n) is 3.41. The molecular formula is C15H18N4O3. The van der Waals surface area contributed by atoms with Crippen LogP contribution in [0.2, 0.25) is 0 Å². The Bertz CT molecular complexity index is 635. The van der Waals surface area contributed by atoms with Gasteiger partial charge in [0, 0.05) is 12.1 Å². The lowest BCUT2D eigenvalue weighted by Crippen LogP contribution is -2.29. The van der Waals surface area contributed by atoms with Crippen molar-refractivity contribution in [2.75, 3.05) is 7.11 Å². The summed E-state index contributed by atoms with van der Waals surface area (Å²) in [7, 11) is 1.60. The van der Waals surface area contributed by atoms with Crippen LogP contribution in [0.1, 0.15) is 25.8 Å². The van der Waals surface area contributed by atoms with Gasteiger partial charge in [-0.1, -0.05) is 0 Å². The number of rotatable bonds is 5. The van der Waals surface area contributed by atoms with Crippen molar-refractivity contribution in [2.45, 2.75) is 20.3 Å². The Morgan fingerprint density at radius 3 is 2.64 bits per heavy atom. The molecule has 2 amide bonds. The highest BCUT2D eigenvalue weighted by molar-refractivity contribution is 6.09. The van der Waals surface area contributed by atoms with E-state index >= 15 is 0 Å². The lowest BCUT2D eigenvalue weighted by atomic mass is 10.0. The normalized spacial score (nSPS) is 17.8. The minimum Gasteiger partial charge on any atom is -0.497 e. The fourth-order valence-electron chi connectivity index (χ4n) is 2.00. The molecule has 0 bridgehead atoms. The molecule has 1 atom stereocenters. The van der Waals surface area contributed by atoms with E-state index in [2.05, 4.69) is 21.1 Å². The first-order chi connectivity index (χ1) is 10.5. The van der Waals surface area contributed by atoms with Crippen LogP contribution in [0.15, 0.2) is 34.5 Å². The van der Waals surface area contributed by atoms with Crippen molar-refractivity contribution in [2.24, 2.45) is 16.1 Å². The maximum atomic E-state index is 11.9. The van der Waals surface area contributed by atoms with Gasteiger partial charge < -0.3 is 4.74 Å². The van der Waals surface area contributed by atoms with Crippen molar-refractivity contribution in [3.63, 3.8) is 0 Å². The van der Waals surface area contributed by atoms with Gasteiger partial charge >= 0.3 is 0 Å². The number of nitrogens with one attached hydrogen (secondary N) is 2. The molecule has 2 rings (SSSR count). The number of nitrogens with zero attached hydrogens (tertiary/aromatic N) is 2. The van der Waals surface area contributed by atoms with Crippen molar-refractivity contribution in [1.82, 2.24) is 10.9 Å². The van der Waals surface area contributed by atoms with Crippen LogP contribution in [0.4, 0.5) is 0 Å². The fraction of sp³-hybridized carbons (Fsp3) is 0.333. The summed E-state index contributed by atoms with van der Waals surface area (Å²) in [5, 5.41) is 7.85. The highest BCUT2D eigenvalue weighted by atomic mass is 16.5. The van der Waals surface area contributed by atoms with Gasteiger partial charge in [-0.15, -0.1) is 0 Å². The number of hydrogen-bond donors (Lipinski definition) is 2. The Morgan fingerprint density at radius 1 is 1.41 bits per heavy atom. The van der Waals surface area contributed by atoms with E-state index < -0.39 is 5.92 Å². The lowest BCUT2D eigenvalue weighted by molar-refractivity contribution is -0.127. The average Bonchev–Trinajstić information content (AvgIpc) is 2.84. The molecule has 0 fully saturated rings. The number of amides is 2. The van der Waals surface area contributed by atoms with E-state index in [0.29, 0.717) is 11.4 Å². The quantitative estimate of drug-likeness (QED) is 0.629. The highest BCUT2D eigenvalue weighted by Crippen LogP contribution is 2.13. The number of hydrazone groups is 2. The van der Waals surface area contributed by atoms with E-state index in [9.17, 15) is 9.59 Å². The highest BCUT2D eigenvalue weighted by Gasteiger charge is 2.29. The number of carbonyl (C=O) groups is 2. The first kappa shape index (κ1) is 15.7. The van der Waals surface area contributed by atoms with Crippen LogP contribution in [-0.4, -0.2) is 30.3 Å². The molecular weight excluding hydrogens is 284 g/mol. The zero-order valence-corrected chi connectivity index (χ0v) is 12.7. The summed E-state index contributed by atoms with van der Waals surface area (Å²) < 4.78 is 5.08. The Hall–Kier alpha value is -2.70. The number of carbonyl (C=O) groups excluding carboxylic acids is 2. The first-order valence-electron chi connectivity index (χ1n) is 6.83. The number of benzene rings is 1. The molecule has 116 valence electrons. The molecule has 1 aromatic carbocycles. The van der Waals surface area contributed by atoms with Crippen molar-refractivity contribution in [3.05, 3.63) is 29.8 Å². The first-order valence-corrected chi connectivity index (χ1v) is 6.83. The maximum absolute atomic E-state index is 11.9. The molecule has 0 radical (unpaired) electrons. The van der Waals surface area contributed by atoms with E-state index in [-0.39, 0.29) is 18.2 Å². The molecule has 0 aliphatic carbocycles. The molecule has 2 N–H and O–H groups in total. The zero-order valence-electron chi connectivity index (χ0n) is 12.7. The van der Waals surface area contributed by atoms with E-state index in [1.807, 2.05) is 24.3 Å². The van der Waals surface area contributed by atoms with Crippen LogP contribution in [-0.2, 0) is 9.59 Å². The van der Waals surface area contributed by atoms with Gasteiger partial charge in [0.1, 0.15) is 5.75 Å². The second-order valence-corrected chi connectivity index (χ2v) is 4.95. The van der Waals surface area contributed by atoms with Gasteiger partial charge in [0.15, 0.2) is 0 Å². The van der Waals surface area contributed by atoms with E-state index in [1.165, 1.54) is 0 Å². The second-order valence-electron chi connectivity index (χ2n) is 4.95. The van der Waals surface area contributed by atoms with Crippen LogP contribution < -0.4 is 15.6 Å². The Labute approximate surface area is 128 Å². The SMILES string of the molecule is COc1ccc(C(C)=NNC(=O)CC2C(=O)NN=C2C)cc1. The summed E-state index contributed by atoms with van der Waals surface area (Å²) in [6.45, 7) is 3.50. The molecule has 1 aliphatic rings. The molecule has 0 saturated heterocycles. The smallest absolute Gasteiger partial charge is 0.249 e. The largest absolute Gasteiger partial charge is 0.497 e. The van der Waals surface area contributed by atoms with E-state index in [0.717, 1.165) is 11.3 Å². The second kappa shape index (κ2) is 6.84. The lowest BCUT2D eigenvalue weighted by Gasteiger charge is -2.07. The van der Waals surface area contributed by atoms with Crippen LogP contribution in [0.5, 0.6) is 5.75 Å². The van der Waals surface area contributed by atoms with Crippen molar-refractivity contribution in [3.8, 4) is 5.75 Å². The fourth-order valence-corrected chi connectivity index (χ4v) is 2.00. The Morgan fingerprint density at radius 2 is 2.09 bits per heavy atom. The van der Waals surface area contributed by atoms with Gasteiger partial charge in [0.25, 0.3) is 0 Å². The minimum atomic E-state index is -0.517. The van der Waals surface area contributed by atoms with Crippen LogP contribution in [0.3, 0.4) is 0 Å². The Kier molecular flexibility index (Phi) is 4.88. The zero-order chi connectivity index (χ0) is 16.1. The maximum Gasteiger partial charge on any atom is 0.249 e. The summed E-state index contributed by atoms with van der Waals surface area (Å²) in [6, 6.07) is 7.34. The van der Waals surface area contributed by atoms with E-state index in [4.69, 9.17) is 4.74 Å². The van der Waals surface area contributed by atoms with Crippen molar-refractivity contribution < 1.29 is 14.3 Å². The van der Waals surface area contributed by atoms with Crippen LogP contribution >= 0.6 is 0 Å². The summed E-state index contributed by atoms with van der Waals surface area (Å²) in [5.74, 6) is -0.355. The molecule has 7 heteroatoms. The number of hydrogen-bond acceptors (Lipinski definition) is 5. The summed E-state index contributed by atoms with van der Waals surface area (Å²) in [6.07, 6.45) is 0.0283. The molecule has 1 aromatic rings. The standard InChI is InChI=1S/C15H18N4O3/c1-9(11-4-6-12(22-3)7-5-11)16-18-14(20)8-13-10(2)17-19-15(13)21/h4-7,13H,8H2,1-3H3,(H,18,20)(H,19,21). The van der Waals surface area contributed by atoms with Gasteiger partial charge in [-0.2, -0.15) is 10.2 Å². The van der Waals surface area contributed by atoms with Gasteiger partial charge in [0.2, 0.25) is 11.8 Å². The number of ether oxygens (including phenoxy) is 1. The predicted molar refractivity (Wildman–Crippen MR) is 82.7 cm³/mol. The van der Waals surface area contributed by atoms with Gasteiger partial charge in [0.05, 0.1) is 18.7 Å². The molecule has 0 saturated carbocycles. The molecule has 1 unspecified atom stereocenters. The third kappa shape index (κ3) is 3.69.